The molecule has 1 fully saturated rings. The van der Waals surface area contributed by atoms with Gasteiger partial charge in [0.05, 0.1) is 16.7 Å². The fourth-order valence-electron chi connectivity index (χ4n) is 4.16. The van der Waals surface area contributed by atoms with Crippen LogP contribution in [0.25, 0.3) is 33.7 Å². The molecule has 30 heavy (non-hydrogen) atoms. The third-order valence-corrected chi connectivity index (χ3v) is 6.04. The Hall–Kier alpha value is -3.21. The third kappa shape index (κ3) is 3.80. The third-order valence-electron chi connectivity index (χ3n) is 6.04. The highest BCUT2D eigenvalue weighted by Crippen LogP contribution is 2.29. The van der Waals surface area contributed by atoms with Crippen LogP contribution in [-0.4, -0.2) is 26.0 Å². The lowest BCUT2D eigenvalue weighted by Crippen LogP contribution is -2.23. The SMILES string of the molecule is Cc1cc(-c2ccc(OC3CCC(C)CC3)nc2)ncc1-c1nc2ccccc2[nH]1. The summed E-state index contributed by atoms with van der Waals surface area (Å²) < 4.78 is 6.08. The number of rotatable bonds is 4. The van der Waals surface area contributed by atoms with E-state index in [0.29, 0.717) is 12.0 Å². The summed E-state index contributed by atoms with van der Waals surface area (Å²) in [7, 11) is 0. The molecule has 0 atom stereocenters. The average molecular weight is 399 g/mol. The van der Waals surface area contributed by atoms with Gasteiger partial charge in [-0.25, -0.2) is 9.97 Å². The smallest absolute Gasteiger partial charge is 0.213 e. The maximum Gasteiger partial charge on any atom is 0.213 e. The number of hydrogen-bond donors (Lipinski definition) is 1. The van der Waals surface area contributed by atoms with Crippen LogP contribution >= 0.6 is 0 Å². The maximum absolute atomic E-state index is 6.08. The first-order valence-corrected chi connectivity index (χ1v) is 10.7. The quantitative estimate of drug-likeness (QED) is 0.461. The Labute approximate surface area is 176 Å². The lowest BCUT2D eigenvalue weighted by molar-refractivity contribution is 0.130. The van der Waals surface area contributed by atoms with Crippen molar-refractivity contribution in [2.45, 2.75) is 45.6 Å². The molecule has 0 unspecified atom stereocenters. The van der Waals surface area contributed by atoms with Gasteiger partial charge in [-0.2, -0.15) is 0 Å². The van der Waals surface area contributed by atoms with E-state index in [0.717, 1.165) is 58.0 Å². The second-order valence-corrected chi connectivity index (χ2v) is 8.37. The minimum atomic E-state index is 0.294. The van der Waals surface area contributed by atoms with E-state index in [-0.39, 0.29) is 0 Å². The van der Waals surface area contributed by atoms with Gasteiger partial charge in [0.15, 0.2) is 0 Å². The number of aromatic nitrogens is 4. The zero-order chi connectivity index (χ0) is 20.5. The van der Waals surface area contributed by atoms with E-state index in [9.17, 15) is 0 Å². The van der Waals surface area contributed by atoms with E-state index in [1.54, 1.807) is 0 Å². The predicted octanol–water partition coefficient (Wildman–Crippen LogP) is 5.95. The molecule has 5 heteroatoms. The van der Waals surface area contributed by atoms with Crippen molar-refractivity contribution in [1.29, 1.82) is 0 Å². The highest BCUT2D eigenvalue weighted by molar-refractivity contribution is 5.80. The van der Waals surface area contributed by atoms with Gasteiger partial charge in [-0.3, -0.25) is 4.98 Å². The van der Waals surface area contributed by atoms with E-state index in [1.807, 2.05) is 48.8 Å². The fraction of sp³-hybridized carbons (Fsp3) is 0.320. The molecule has 3 heterocycles. The van der Waals surface area contributed by atoms with Crippen LogP contribution in [0.2, 0.25) is 0 Å². The van der Waals surface area contributed by atoms with Crippen LogP contribution in [-0.2, 0) is 0 Å². The summed E-state index contributed by atoms with van der Waals surface area (Å²) in [5.74, 6) is 2.36. The molecule has 0 saturated heterocycles. The minimum absolute atomic E-state index is 0.294. The Morgan fingerprint density at radius 1 is 0.967 bits per heavy atom. The number of aromatic amines is 1. The normalized spacial score (nSPS) is 19.1. The summed E-state index contributed by atoms with van der Waals surface area (Å²) in [5, 5.41) is 0. The van der Waals surface area contributed by atoms with Gasteiger partial charge in [-0.1, -0.05) is 19.1 Å². The number of para-hydroxylation sites is 2. The molecule has 1 saturated carbocycles. The summed E-state index contributed by atoms with van der Waals surface area (Å²) in [4.78, 5) is 17.3. The second-order valence-electron chi connectivity index (χ2n) is 8.37. The van der Waals surface area contributed by atoms with Crippen molar-refractivity contribution in [3.05, 3.63) is 60.4 Å². The molecule has 1 aliphatic carbocycles. The fourth-order valence-corrected chi connectivity index (χ4v) is 4.16. The number of imidazole rings is 1. The van der Waals surface area contributed by atoms with E-state index < -0.39 is 0 Å². The van der Waals surface area contributed by atoms with Crippen molar-refractivity contribution in [3.63, 3.8) is 0 Å². The first-order valence-electron chi connectivity index (χ1n) is 10.7. The summed E-state index contributed by atoms with van der Waals surface area (Å²) >= 11 is 0. The van der Waals surface area contributed by atoms with Gasteiger partial charge in [0, 0.05) is 29.6 Å². The van der Waals surface area contributed by atoms with Crippen LogP contribution in [0.15, 0.2) is 54.9 Å². The van der Waals surface area contributed by atoms with E-state index >= 15 is 0 Å². The molecule has 0 spiro atoms. The maximum atomic E-state index is 6.08. The van der Waals surface area contributed by atoms with Crippen molar-refractivity contribution in [1.82, 2.24) is 19.9 Å². The zero-order valence-electron chi connectivity index (χ0n) is 17.4. The van der Waals surface area contributed by atoms with E-state index in [1.165, 1.54) is 12.8 Å². The molecule has 1 aromatic carbocycles. The first-order chi connectivity index (χ1) is 14.7. The van der Waals surface area contributed by atoms with Gasteiger partial charge >= 0.3 is 0 Å². The van der Waals surface area contributed by atoms with Crippen LogP contribution in [0.1, 0.15) is 38.2 Å². The molecule has 3 aromatic heterocycles. The number of H-pyrrole nitrogens is 1. The molecular weight excluding hydrogens is 372 g/mol. The molecule has 0 aliphatic heterocycles. The van der Waals surface area contributed by atoms with Gasteiger partial charge < -0.3 is 9.72 Å². The highest BCUT2D eigenvalue weighted by atomic mass is 16.5. The van der Waals surface area contributed by atoms with Crippen LogP contribution in [0.3, 0.4) is 0 Å². The van der Waals surface area contributed by atoms with Crippen molar-refractivity contribution in [2.24, 2.45) is 5.92 Å². The Morgan fingerprint density at radius 3 is 2.53 bits per heavy atom. The molecule has 5 nitrogen and oxygen atoms in total. The van der Waals surface area contributed by atoms with E-state index in [4.69, 9.17) is 9.72 Å². The Morgan fingerprint density at radius 2 is 1.80 bits per heavy atom. The van der Waals surface area contributed by atoms with E-state index in [2.05, 4.69) is 34.9 Å². The Balaban J connectivity index is 1.34. The minimum Gasteiger partial charge on any atom is -0.474 e. The monoisotopic (exact) mass is 398 g/mol. The number of benzene rings is 1. The molecule has 152 valence electrons. The average Bonchev–Trinajstić information content (AvgIpc) is 3.20. The summed E-state index contributed by atoms with van der Waals surface area (Å²) in [5.41, 5.74) is 6.01. The number of ether oxygens (including phenoxy) is 1. The molecule has 1 aliphatic rings. The number of hydrogen-bond acceptors (Lipinski definition) is 4. The van der Waals surface area contributed by atoms with Gasteiger partial charge in [0.2, 0.25) is 5.88 Å². The predicted molar refractivity (Wildman–Crippen MR) is 119 cm³/mol. The Kier molecular flexibility index (Phi) is 4.95. The van der Waals surface area contributed by atoms with Gasteiger partial charge in [0.25, 0.3) is 0 Å². The number of fused-ring (bicyclic) bond motifs is 1. The molecule has 5 rings (SSSR count). The van der Waals surface area contributed by atoms with Gasteiger partial charge in [-0.15, -0.1) is 0 Å². The number of nitrogens with zero attached hydrogens (tertiary/aromatic N) is 3. The molecule has 1 N–H and O–H groups in total. The van der Waals surface area contributed by atoms with Crippen molar-refractivity contribution < 1.29 is 4.74 Å². The van der Waals surface area contributed by atoms with Crippen LogP contribution < -0.4 is 4.74 Å². The summed E-state index contributed by atoms with van der Waals surface area (Å²) in [6, 6.07) is 14.1. The van der Waals surface area contributed by atoms with Crippen molar-refractivity contribution in [2.75, 3.05) is 0 Å². The highest BCUT2D eigenvalue weighted by Gasteiger charge is 2.20. The molecule has 0 radical (unpaired) electrons. The number of pyridine rings is 2. The summed E-state index contributed by atoms with van der Waals surface area (Å²) in [6.45, 7) is 4.40. The largest absolute Gasteiger partial charge is 0.474 e. The summed E-state index contributed by atoms with van der Waals surface area (Å²) in [6.07, 6.45) is 8.75. The Bertz CT molecular complexity index is 1120. The van der Waals surface area contributed by atoms with Crippen LogP contribution in [0.5, 0.6) is 5.88 Å². The molecule has 0 amide bonds. The van der Waals surface area contributed by atoms with Crippen LogP contribution in [0.4, 0.5) is 0 Å². The number of aryl methyl sites for hydroxylation is 1. The lowest BCUT2D eigenvalue weighted by atomic mass is 9.89. The van der Waals surface area contributed by atoms with Crippen molar-refractivity contribution >= 4 is 11.0 Å². The molecular formula is C25H26N4O. The first kappa shape index (κ1) is 18.8. The second kappa shape index (κ2) is 7.90. The zero-order valence-corrected chi connectivity index (χ0v) is 17.4. The van der Waals surface area contributed by atoms with Crippen molar-refractivity contribution in [3.8, 4) is 28.5 Å². The molecule has 0 bridgehead atoms. The van der Waals surface area contributed by atoms with Crippen LogP contribution in [0, 0.1) is 12.8 Å². The standard InChI is InChI=1S/C25H26N4O/c1-16-7-10-19(11-8-16)30-24-12-9-18(14-27-24)23-13-17(2)20(15-26-23)25-28-21-5-3-4-6-22(21)29-25/h3-6,9,12-16,19H,7-8,10-11H2,1-2H3,(H,28,29). The topological polar surface area (TPSA) is 63.7 Å². The lowest BCUT2D eigenvalue weighted by Gasteiger charge is -2.26. The van der Waals surface area contributed by atoms with Gasteiger partial charge in [0.1, 0.15) is 11.9 Å². The number of nitrogens with one attached hydrogen (secondary N) is 1. The molecule has 4 aromatic rings. The van der Waals surface area contributed by atoms with Gasteiger partial charge in [-0.05, 0) is 68.4 Å².